The Morgan fingerprint density at radius 2 is 2.40 bits per heavy atom. The van der Waals surface area contributed by atoms with E-state index in [4.69, 9.17) is 5.26 Å². The lowest BCUT2D eigenvalue weighted by Gasteiger charge is -2.00. The molecule has 78 valence electrons. The second-order valence-corrected chi connectivity index (χ2v) is 3.60. The van der Waals surface area contributed by atoms with E-state index >= 15 is 0 Å². The highest BCUT2D eigenvalue weighted by atomic mass is 32.2. The predicted octanol–water partition coefficient (Wildman–Crippen LogP) is 0.922. The Bertz CT molecular complexity index is 414. The lowest BCUT2D eigenvalue weighted by Crippen LogP contribution is -2.04. The fourth-order valence-electron chi connectivity index (χ4n) is 0.846. The number of nitriles is 1. The van der Waals surface area contributed by atoms with Gasteiger partial charge in [-0.2, -0.15) is 5.26 Å². The molecule has 0 aliphatic carbocycles. The van der Waals surface area contributed by atoms with Gasteiger partial charge in [-0.05, 0) is 13.0 Å². The fourth-order valence-corrected chi connectivity index (χ4v) is 1.58. The summed E-state index contributed by atoms with van der Waals surface area (Å²) < 4.78 is 4.48. The Labute approximate surface area is 91.5 Å². The van der Waals surface area contributed by atoms with E-state index in [0.29, 0.717) is 16.5 Å². The SMILES string of the molecule is COC(=O)CSc1nc(C)cc(C#N)n1. The molecule has 0 spiro atoms. The number of methoxy groups -OCH3 is 1. The summed E-state index contributed by atoms with van der Waals surface area (Å²) in [6.45, 7) is 1.77. The number of hydrogen-bond donors (Lipinski definition) is 0. The highest BCUT2D eigenvalue weighted by Crippen LogP contribution is 2.13. The number of ether oxygens (including phenoxy) is 1. The molecule has 15 heavy (non-hydrogen) atoms. The van der Waals surface area contributed by atoms with Crippen LogP contribution < -0.4 is 0 Å². The van der Waals surface area contributed by atoms with E-state index in [2.05, 4.69) is 14.7 Å². The summed E-state index contributed by atoms with van der Waals surface area (Å²) in [4.78, 5) is 18.9. The molecule has 0 saturated carbocycles. The minimum atomic E-state index is -0.344. The molecule has 5 nitrogen and oxygen atoms in total. The van der Waals surface area contributed by atoms with Crippen molar-refractivity contribution in [3.8, 4) is 6.07 Å². The summed E-state index contributed by atoms with van der Waals surface area (Å²) in [6.07, 6.45) is 0. The quantitative estimate of drug-likeness (QED) is 0.431. The zero-order valence-corrected chi connectivity index (χ0v) is 9.17. The molecular formula is C9H9N3O2S. The molecule has 0 amide bonds. The van der Waals surface area contributed by atoms with Crippen LogP contribution in [0.5, 0.6) is 0 Å². The van der Waals surface area contributed by atoms with E-state index in [9.17, 15) is 4.79 Å². The number of rotatable bonds is 3. The first-order valence-electron chi connectivity index (χ1n) is 4.11. The molecule has 0 unspecified atom stereocenters. The van der Waals surface area contributed by atoms with Crippen LogP contribution in [0.1, 0.15) is 11.4 Å². The van der Waals surface area contributed by atoms with Crippen LogP contribution in [-0.2, 0) is 9.53 Å². The Morgan fingerprint density at radius 3 is 3.00 bits per heavy atom. The van der Waals surface area contributed by atoms with Gasteiger partial charge in [0.1, 0.15) is 11.8 Å². The van der Waals surface area contributed by atoms with Crippen molar-refractivity contribution in [2.75, 3.05) is 12.9 Å². The molecular weight excluding hydrogens is 214 g/mol. The largest absolute Gasteiger partial charge is 0.468 e. The third-order valence-electron chi connectivity index (χ3n) is 1.50. The number of aryl methyl sites for hydroxylation is 1. The lowest BCUT2D eigenvalue weighted by atomic mass is 10.4. The van der Waals surface area contributed by atoms with Gasteiger partial charge in [0, 0.05) is 5.69 Å². The highest BCUT2D eigenvalue weighted by molar-refractivity contribution is 7.99. The number of carbonyl (C=O) groups excluding carboxylic acids is 1. The van der Waals surface area contributed by atoms with E-state index in [-0.39, 0.29) is 11.7 Å². The molecule has 0 bridgehead atoms. The maximum absolute atomic E-state index is 10.9. The van der Waals surface area contributed by atoms with Crippen molar-refractivity contribution in [1.29, 1.82) is 5.26 Å². The molecule has 1 rings (SSSR count). The van der Waals surface area contributed by atoms with Crippen LogP contribution in [0.15, 0.2) is 11.2 Å². The monoisotopic (exact) mass is 223 g/mol. The normalized spacial score (nSPS) is 9.40. The van der Waals surface area contributed by atoms with Crippen LogP contribution in [0.25, 0.3) is 0 Å². The van der Waals surface area contributed by atoms with Crippen LogP contribution in [0, 0.1) is 18.3 Å². The minimum Gasteiger partial charge on any atom is -0.468 e. The second-order valence-electron chi connectivity index (χ2n) is 2.65. The van der Waals surface area contributed by atoms with Crippen LogP contribution >= 0.6 is 11.8 Å². The predicted molar refractivity (Wildman–Crippen MR) is 54.2 cm³/mol. The number of thioether (sulfide) groups is 1. The summed E-state index contributed by atoms with van der Waals surface area (Å²) in [5.41, 5.74) is 1.00. The summed E-state index contributed by atoms with van der Waals surface area (Å²) in [6, 6.07) is 3.51. The van der Waals surface area contributed by atoms with E-state index in [1.165, 1.54) is 7.11 Å². The number of aromatic nitrogens is 2. The maximum Gasteiger partial charge on any atom is 0.316 e. The molecule has 0 N–H and O–H groups in total. The standard InChI is InChI=1S/C9H9N3O2S/c1-6-3-7(4-10)12-9(11-6)15-5-8(13)14-2/h3H,5H2,1-2H3. The average Bonchev–Trinajstić information content (AvgIpc) is 2.25. The summed E-state index contributed by atoms with van der Waals surface area (Å²) >= 11 is 1.15. The van der Waals surface area contributed by atoms with Crippen LogP contribution in [0.4, 0.5) is 0 Å². The Balaban J connectivity index is 2.74. The van der Waals surface area contributed by atoms with Crippen LogP contribution in [0.3, 0.4) is 0 Å². The maximum atomic E-state index is 10.9. The summed E-state index contributed by atoms with van der Waals surface area (Å²) in [5, 5.41) is 9.08. The Hall–Kier alpha value is -1.61. The summed E-state index contributed by atoms with van der Waals surface area (Å²) in [5.74, 6) is -0.200. The van der Waals surface area contributed by atoms with E-state index < -0.39 is 0 Å². The van der Waals surface area contributed by atoms with Crippen molar-refractivity contribution in [2.24, 2.45) is 0 Å². The van der Waals surface area contributed by atoms with Gasteiger partial charge in [-0.15, -0.1) is 0 Å². The number of nitrogens with zero attached hydrogens (tertiary/aromatic N) is 3. The number of esters is 1. The van der Waals surface area contributed by atoms with Gasteiger partial charge in [-0.3, -0.25) is 4.79 Å². The van der Waals surface area contributed by atoms with Crippen LogP contribution in [0.2, 0.25) is 0 Å². The molecule has 1 aromatic rings. The molecule has 6 heteroatoms. The zero-order chi connectivity index (χ0) is 11.3. The lowest BCUT2D eigenvalue weighted by molar-refractivity contribution is -0.137. The summed E-state index contributed by atoms with van der Waals surface area (Å²) in [7, 11) is 1.32. The van der Waals surface area contributed by atoms with Gasteiger partial charge < -0.3 is 4.74 Å². The van der Waals surface area contributed by atoms with Crippen molar-refractivity contribution >= 4 is 17.7 Å². The van der Waals surface area contributed by atoms with Crippen LogP contribution in [-0.4, -0.2) is 28.8 Å². The molecule has 1 heterocycles. The smallest absolute Gasteiger partial charge is 0.316 e. The third kappa shape index (κ3) is 3.56. The first kappa shape index (κ1) is 11.5. The van der Waals surface area contributed by atoms with Crippen molar-refractivity contribution in [2.45, 2.75) is 12.1 Å². The van der Waals surface area contributed by atoms with Gasteiger partial charge >= 0.3 is 5.97 Å². The van der Waals surface area contributed by atoms with Crippen molar-refractivity contribution < 1.29 is 9.53 Å². The van der Waals surface area contributed by atoms with E-state index in [1.54, 1.807) is 13.0 Å². The second kappa shape index (κ2) is 5.32. The molecule has 0 atom stereocenters. The van der Waals surface area contributed by atoms with Gasteiger partial charge in [0.15, 0.2) is 5.16 Å². The average molecular weight is 223 g/mol. The topological polar surface area (TPSA) is 75.9 Å². The number of carbonyl (C=O) groups is 1. The Kier molecular flexibility index (Phi) is 4.06. The van der Waals surface area contributed by atoms with Gasteiger partial charge in [-0.1, -0.05) is 11.8 Å². The third-order valence-corrected chi connectivity index (χ3v) is 2.32. The molecule has 0 aliphatic rings. The molecule has 0 aliphatic heterocycles. The van der Waals surface area contributed by atoms with Crippen molar-refractivity contribution in [1.82, 2.24) is 9.97 Å². The van der Waals surface area contributed by atoms with Gasteiger partial charge in [0.05, 0.1) is 12.9 Å². The van der Waals surface area contributed by atoms with E-state index in [0.717, 1.165) is 11.8 Å². The van der Waals surface area contributed by atoms with Crippen molar-refractivity contribution in [3.63, 3.8) is 0 Å². The molecule has 0 fully saturated rings. The Morgan fingerprint density at radius 1 is 1.67 bits per heavy atom. The molecule has 0 saturated heterocycles. The first-order chi connectivity index (χ1) is 7.15. The van der Waals surface area contributed by atoms with Gasteiger partial charge in [0.25, 0.3) is 0 Å². The first-order valence-corrected chi connectivity index (χ1v) is 5.09. The molecule has 0 radical (unpaired) electrons. The molecule has 0 aromatic carbocycles. The zero-order valence-electron chi connectivity index (χ0n) is 8.35. The molecule has 1 aromatic heterocycles. The fraction of sp³-hybridized carbons (Fsp3) is 0.333. The van der Waals surface area contributed by atoms with E-state index in [1.807, 2.05) is 6.07 Å². The van der Waals surface area contributed by atoms with Crippen molar-refractivity contribution in [3.05, 3.63) is 17.5 Å². The van der Waals surface area contributed by atoms with Gasteiger partial charge in [0.2, 0.25) is 0 Å². The number of hydrogen-bond acceptors (Lipinski definition) is 6. The highest BCUT2D eigenvalue weighted by Gasteiger charge is 2.06. The van der Waals surface area contributed by atoms with Gasteiger partial charge in [-0.25, -0.2) is 9.97 Å². The minimum absolute atomic E-state index is 0.144.